The van der Waals surface area contributed by atoms with Crippen molar-refractivity contribution in [2.75, 3.05) is 4.90 Å². The highest BCUT2D eigenvalue weighted by Gasteiger charge is 2.37. The van der Waals surface area contributed by atoms with Crippen LogP contribution in [0.25, 0.3) is 5.57 Å². The fraction of sp³-hybridized carbons (Fsp3) is 0.200. The molecule has 1 unspecified atom stereocenters. The summed E-state index contributed by atoms with van der Waals surface area (Å²) >= 11 is 3.74. The number of imide groups is 1. The molecule has 2 amide bonds. The van der Waals surface area contributed by atoms with E-state index >= 15 is 0 Å². The Hall–Kier alpha value is -2.20. The van der Waals surface area contributed by atoms with Gasteiger partial charge in [-0.15, -0.1) is 0 Å². The molecule has 1 atom stereocenters. The Labute approximate surface area is 149 Å². The number of benzene rings is 2. The number of amides is 2. The topological polar surface area (TPSA) is 37.4 Å². The zero-order valence-corrected chi connectivity index (χ0v) is 14.6. The first-order valence-corrected chi connectivity index (χ1v) is 9.01. The first-order chi connectivity index (χ1) is 11.7. The molecule has 24 heavy (non-hydrogen) atoms. The predicted octanol–water partition coefficient (Wildman–Crippen LogP) is 4.82. The Morgan fingerprint density at radius 2 is 1.46 bits per heavy atom. The van der Waals surface area contributed by atoms with Gasteiger partial charge >= 0.3 is 0 Å². The normalized spacial score (nSPS) is 20.1. The van der Waals surface area contributed by atoms with Gasteiger partial charge in [0.1, 0.15) is 0 Å². The minimum atomic E-state index is -0.245. The van der Waals surface area contributed by atoms with E-state index in [0.717, 1.165) is 30.4 Å². The predicted molar refractivity (Wildman–Crippen MR) is 98.6 cm³/mol. The van der Waals surface area contributed by atoms with Crippen LogP contribution in [0.3, 0.4) is 0 Å². The summed E-state index contributed by atoms with van der Waals surface area (Å²) in [5.41, 5.74) is 3.74. The minimum Gasteiger partial charge on any atom is -0.268 e. The summed E-state index contributed by atoms with van der Waals surface area (Å²) in [6.07, 6.45) is 5.44. The van der Waals surface area contributed by atoms with Crippen molar-refractivity contribution in [1.29, 1.82) is 0 Å². The lowest BCUT2D eigenvalue weighted by Crippen LogP contribution is -2.30. The molecular formula is C20H16BrNO2. The maximum Gasteiger partial charge on any atom is 0.266 e. The zero-order chi connectivity index (χ0) is 16.7. The highest BCUT2D eigenvalue weighted by Crippen LogP contribution is 2.39. The summed E-state index contributed by atoms with van der Waals surface area (Å²) in [5.74, 6) is -0.490. The molecule has 1 heterocycles. The van der Waals surface area contributed by atoms with Crippen LogP contribution in [-0.4, -0.2) is 16.6 Å². The smallest absolute Gasteiger partial charge is 0.266 e. The van der Waals surface area contributed by atoms with E-state index in [9.17, 15) is 9.59 Å². The van der Waals surface area contributed by atoms with Gasteiger partial charge < -0.3 is 0 Å². The first-order valence-electron chi connectivity index (χ1n) is 8.10. The van der Waals surface area contributed by atoms with Crippen LogP contribution >= 0.6 is 15.9 Å². The number of anilines is 1. The highest BCUT2D eigenvalue weighted by atomic mass is 79.9. The molecule has 0 fully saturated rings. The quantitative estimate of drug-likeness (QED) is 0.552. The summed E-state index contributed by atoms with van der Waals surface area (Å²) < 4.78 is 0. The number of fused-ring (bicyclic) bond motifs is 1. The lowest BCUT2D eigenvalue weighted by Gasteiger charge is -2.24. The van der Waals surface area contributed by atoms with Crippen LogP contribution in [0.2, 0.25) is 0 Å². The zero-order valence-electron chi connectivity index (χ0n) is 13.0. The third-order valence-electron chi connectivity index (χ3n) is 4.61. The summed E-state index contributed by atoms with van der Waals surface area (Å²) in [7, 11) is 0. The highest BCUT2D eigenvalue weighted by molar-refractivity contribution is 9.09. The van der Waals surface area contributed by atoms with Gasteiger partial charge in [-0.3, -0.25) is 9.59 Å². The van der Waals surface area contributed by atoms with Crippen molar-refractivity contribution in [2.24, 2.45) is 0 Å². The van der Waals surface area contributed by atoms with E-state index in [0.29, 0.717) is 16.8 Å². The van der Waals surface area contributed by atoms with Crippen LogP contribution in [0.5, 0.6) is 0 Å². The van der Waals surface area contributed by atoms with Gasteiger partial charge in [-0.2, -0.15) is 0 Å². The number of carbonyl (C=O) groups is 2. The number of alkyl halides is 1. The van der Waals surface area contributed by atoms with Gasteiger partial charge in [-0.25, -0.2) is 4.90 Å². The Balaban J connectivity index is 1.83. The van der Waals surface area contributed by atoms with Gasteiger partial charge in [0, 0.05) is 10.4 Å². The SMILES string of the molecule is O=C1c2ccccc2C(=O)N1c1ccccc1C1=CCCCC1Br. The molecule has 0 aromatic heterocycles. The van der Waals surface area contributed by atoms with E-state index < -0.39 is 0 Å². The number of hydrogen-bond donors (Lipinski definition) is 0. The Bertz CT molecular complexity index is 836. The maximum atomic E-state index is 12.8. The molecule has 3 nitrogen and oxygen atoms in total. The van der Waals surface area contributed by atoms with Crippen LogP contribution in [0.15, 0.2) is 54.6 Å². The molecule has 1 aliphatic carbocycles. The minimum absolute atomic E-state index is 0.245. The van der Waals surface area contributed by atoms with Crippen LogP contribution in [0, 0.1) is 0 Å². The molecule has 0 saturated heterocycles. The fourth-order valence-electron chi connectivity index (χ4n) is 3.44. The molecule has 1 aliphatic heterocycles. The second-order valence-corrected chi connectivity index (χ2v) is 7.17. The van der Waals surface area contributed by atoms with Crippen molar-refractivity contribution in [3.8, 4) is 0 Å². The molecule has 120 valence electrons. The second-order valence-electron chi connectivity index (χ2n) is 6.07. The van der Waals surface area contributed by atoms with E-state index in [2.05, 4.69) is 22.0 Å². The van der Waals surface area contributed by atoms with Crippen molar-refractivity contribution in [2.45, 2.75) is 24.1 Å². The van der Waals surface area contributed by atoms with Crippen molar-refractivity contribution < 1.29 is 9.59 Å². The third-order valence-corrected chi connectivity index (χ3v) is 5.56. The molecule has 4 rings (SSSR count). The number of allylic oxidation sites excluding steroid dienone is 2. The Kier molecular flexibility index (Phi) is 3.85. The van der Waals surface area contributed by atoms with Gasteiger partial charge in [0.25, 0.3) is 11.8 Å². The van der Waals surface area contributed by atoms with Crippen LogP contribution in [0.1, 0.15) is 45.5 Å². The van der Waals surface area contributed by atoms with Crippen molar-refractivity contribution in [3.63, 3.8) is 0 Å². The number of hydrogen-bond acceptors (Lipinski definition) is 2. The fourth-order valence-corrected chi connectivity index (χ4v) is 4.19. The molecule has 2 aliphatic rings. The largest absolute Gasteiger partial charge is 0.268 e. The number of para-hydroxylation sites is 1. The lowest BCUT2D eigenvalue weighted by atomic mass is 9.92. The van der Waals surface area contributed by atoms with E-state index in [1.165, 1.54) is 4.90 Å². The molecular weight excluding hydrogens is 366 g/mol. The number of rotatable bonds is 2. The van der Waals surface area contributed by atoms with Gasteiger partial charge in [0.05, 0.1) is 16.8 Å². The molecule has 2 aromatic rings. The lowest BCUT2D eigenvalue weighted by molar-refractivity contribution is 0.0926. The molecule has 0 N–H and O–H groups in total. The van der Waals surface area contributed by atoms with E-state index in [1.54, 1.807) is 24.3 Å². The standard InChI is InChI=1S/C20H16BrNO2/c21-17-11-5-3-7-13(17)14-8-4-6-12-18(14)22-19(23)15-9-1-2-10-16(15)20(22)24/h1-2,4,6-10,12,17H,3,5,11H2. The average molecular weight is 382 g/mol. The monoisotopic (exact) mass is 381 g/mol. The van der Waals surface area contributed by atoms with Gasteiger partial charge in [0.15, 0.2) is 0 Å². The summed E-state index contributed by atoms with van der Waals surface area (Å²) in [6.45, 7) is 0. The van der Waals surface area contributed by atoms with Gasteiger partial charge in [-0.05, 0) is 43.0 Å². The van der Waals surface area contributed by atoms with E-state index in [-0.39, 0.29) is 16.6 Å². The molecule has 0 radical (unpaired) electrons. The summed E-state index contributed by atoms with van der Waals surface area (Å²) in [5, 5.41) is 0. The number of carbonyl (C=O) groups excluding carboxylic acids is 2. The Morgan fingerprint density at radius 3 is 2.08 bits per heavy atom. The van der Waals surface area contributed by atoms with Crippen molar-refractivity contribution in [1.82, 2.24) is 0 Å². The number of nitrogens with zero attached hydrogens (tertiary/aromatic N) is 1. The van der Waals surface area contributed by atoms with Crippen LogP contribution < -0.4 is 4.90 Å². The molecule has 0 bridgehead atoms. The summed E-state index contributed by atoms with van der Waals surface area (Å²) in [6, 6.07) is 14.7. The van der Waals surface area contributed by atoms with Gasteiger partial charge in [-0.1, -0.05) is 52.3 Å². The molecule has 2 aromatic carbocycles. The summed E-state index contributed by atoms with van der Waals surface area (Å²) in [4.78, 5) is 27.2. The van der Waals surface area contributed by atoms with Crippen LogP contribution in [-0.2, 0) is 0 Å². The molecule has 0 saturated carbocycles. The van der Waals surface area contributed by atoms with E-state index in [1.807, 2.05) is 24.3 Å². The number of halogens is 1. The second kappa shape index (κ2) is 6.02. The van der Waals surface area contributed by atoms with E-state index in [4.69, 9.17) is 0 Å². The maximum absolute atomic E-state index is 12.8. The van der Waals surface area contributed by atoms with Crippen LogP contribution in [0.4, 0.5) is 5.69 Å². The Morgan fingerprint density at radius 1 is 0.875 bits per heavy atom. The average Bonchev–Trinajstić information content (AvgIpc) is 2.87. The molecule has 4 heteroatoms. The molecule has 0 spiro atoms. The van der Waals surface area contributed by atoms with Crippen molar-refractivity contribution >= 4 is 39.0 Å². The first kappa shape index (κ1) is 15.3. The van der Waals surface area contributed by atoms with Crippen molar-refractivity contribution in [3.05, 3.63) is 71.3 Å². The van der Waals surface area contributed by atoms with Gasteiger partial charge in [0.2, 0.25) is 0 Å². The third kappa shape index (κ3) is 2.33.